The highest BCUT2D eigenvalue weighted by atomic mass is 16.2. The first-order valence-electron chi connectivity index (χ1n) is 8.16. The summed E-state index contributed by atoms with van der Waals surface area (Å²) in [5.74, 6) is -0.642. The second-order valence-electron chi connectivity index (χ2n) is 5.69. The number of hydrogen-bond donors (Lipinski definition) is 2. The first kappa shape index (κ1) is 16.6. The summed E-state index contributed by atoms with van der Waals surface area (Å²) in [6.45, 7) is 0.506. The molecule has 0 radical (unpaired) electrons. The van der Waals surface area contributed by atoms with Crippen LogP contribution in [-0.4, -0.2) is 23.3 Å². The van der Waals surface area contributed by atoms with Gasteiger partial charge in [-0.2, -0.15) is 0 Å². The summed E-state index contributed by atoms with van der Waals surface area (Å²) in [4.78, 5) is 28.3. The lowest BCUT2D eigenvalue weighted by Crippen LogP contribution is -2.29. The van der Waals surface area contributed by atoms with Gasteiger partial charge in [-0.3, -0.25) is 14.6 Å². The standard InChI is InChI=1S/C20H19N3O2/c24-18(21-13-11-15-6-2-1-3-7-15)14-19(25)23-17-10-4-8-16-9-5-12-22-20(16)17/h1-10,12H,11,13-14H2,(H,21,24)(H,23,25). The number of para-hydroxylation sites is 1. The normalized spacial score (nSPS) is 10.4. The van der Waals surface area contributed by atoms with Gasteiger partial charge in [0.1, 0.15) is 6.42 Å². The van der Waals surface area contributed by atoms with Gasteiger partial charge in [0.05, 0.1) is 11.2 Å². The zero-order chi connectivity index (χ0) is 17.5. The van der Waals surface area contributed by atoms with Crippen LogP contribution in [0.3, 0.4) is 0 Å². The highest BCUT2D eigenvalue weighted by Crippen LogP contribution is 2.20. The third-order valence-electron chi connectivity index (χ3n) is 3.81. The molecule has 0 fully saturated rings. The van der Waals surface area contributed by atoms with Gasteiger partial charge in [-0.1, -0.05) is 48.5 Å². The van der Waals surface area contributed by atoms with Crippen molar-refractivity contribution in [1.82, 2.24) is 10.3 Å². The SMILES string of the molecule is O=C(CC(=O)Nc1cccc2cccnc12)NCCc1ccccc1. The van der Waals surface area contributed by atoms with E-state index in [1.54, 1.807) is 12.3 Å². The number of anilines is 1. The lowest BCUT2D eigenvalue weighted by molar-refractivity contribution is -0.126. The van der Waals surface area contributed by atoms with Crippen LogP contribution in [0.25, 0.3) is 10.9 Å². The molecular weight excluding hydrogens is 314 g/mol. The van der Waals surface area contributed by atoms with E-state index in [0.717, 1.165) is 17.4 Å². The molecule has 0 aliphatic rings. The predicted octanol–water partition coefficient (Wildman–Crippen LogP) is 2.92. The van der Waals surface area contributed by atoms with Gasteiger partial charge in [0.25, 0.3) is 0 Å². The van der Waals surface area contributed by atoms with Crippen LogP contribution in [0.5, 0.6) is 0 Å². The highest BCUT2D eigenvalue weighted by Gasteiger charge is 2.11. The quantitative estimate of drug-likeness (QED) is 0.681. The van der Waals surface area contributed by atoms with Gasteiger partial charge in [0, 0.05) is 18.1 Å². The van der Waals surface area contributed by atoms with E-state index in [1.165, 1.54) is 0 Å². The van der Waals surface area contributed by atoms with Crippen LogP contribution in [0, 0.1) is 0 Å². The molecule has 0 bridgehead atoms. The van der Waals surface area contributed by atoms with Crippen molar-refractivity contribution in [3.63, 3.8) is 0 Å². The van der Waals surface area contributed by atoms with Crippen molar-refractivity contribution in [2.45, 2.75) is 12.8 Å². The van der Waals surface area contributed by atoms with E-state index in [1.807, 2.05) is 54.6 Å². The molecule has 0 spiro atoms. The predicted molar refractivity (Wildman–Crippen MR) is 98.1 cm³/mol. The van der Waals surface area contributed by atoms with Crippen LogP contribution in [0.15, 0.2) is 66.9 Å². The Kier molecular flexibility index (Phi) is 5.36. The van der Waals surface area contributed by atoms with Crippen molar-refractivity contribution in [2.75, 3.05) is 11.9 Å². The Morgan fingerprint density at radius 3 is 2.52 bits per heavy atom. The summed E-state index contributed by atoms with van der Waals surface area (Å²) in [6.07, 6.45) is 2.20. The summed E-state index contributed by atoms with van der Waals surface area (Å²) in [5, 5.41) is 6.47. The van der Waals surface area contributed by atoms with Crippen molar-refractivity contribution in [3.05, 3.63) is 72.4 Å². The molecule has 1 heterocycles. The monoisotopic (exact) mass is 333 g/mol. The average Bonchev–Trinajstić information content (AvgIpc) is 2.63. The number of nitrogens with zero attached hydrogens (tertiary/aromatic N) is 1. The molecular formula is C20H19N3O2. The molecule has 3 aromatic rings. The molecule has 1 aromatic heterocycles. The number of nitrogens with one attached hydrogen (secondary N) is 2. The summed E-state index contributed by atoms with van der Waals surface area (Å²) >= 11 is 0. The van der Waals surface area contributed by atoms with E-state index in [-0.39, 0.29) is 18.2 Å². The number of fused-ring (bicyclic) bond motifs is 1. The number of carbonyl (C=O) groups is 2. The third kappa shape index (κ3) is 4.64. The van der Waals surface area contributed by atoms with Gasteiger partial charge in [0.2, 0.25) is 11.8 Å². The molecule has 0 saturated heterocycles. The Labute approximate surface area is 146 Å². The van der Waals surface area contributed by atoms with E-state index in [4.69, 9.17) is 0 Å². The fourth-order valence-corrected chi connectivity index (χ4v) is 2.60. The Hall–Kier alpha value is -3.21. The van der Waals surface area contributed by atoms with Crippen molar-refractivity contribution < 1.29 is 9.59 Å². The van der Waals surface area contributed by atoms with Crippen LogP contribution >= 0.6 is 0 Å². The molecule has 25 heavy (non-hydrogen) atoms. The van der Waals surface area contributed by atoms with E-state index in [2.05, 4.69) is 15.6 Å². The van der Waals surface area contributed by atoms with Crippen molar-refractivity contribution in [3.8, 4) is 0 Å². The van der Waals surface area contributed by atoms with Crippen molar-refractivity contribution in [2.24, 2.45) is 0 Å². The summed E-state index contributed by atoms with van der Waals surface area (Å²) in [7, 11) is 0. The molecule has 3 rings (SSSR count). The highest BCUT2D eigenvalue weighted by molar-refractivity contribution is 6.07. The van der Waals surface area contributed by atoms with Gasteiger partial charge in [-0.25, -0.2) is 0 Å². The molecule has 0 aliphatic heterocycles. The zero-order valence-corrected chi connectivity index (χ0v) is 13.7. The van der Waals surface area contributed by atoms with E-state index < -0.39 is 0 Å². The third-order valence-corrected chi connectivity index (χ3v) is 3.81. The molecule has 5 nitrogen and oxygen atoms in total. The molecule has 126 valence electrons. The van der Waals surface area contributed by atoms with Crippen LogP contribution in [-0.2, 0) is 16.0 Å². The van der Waals surface area contributed by atoms with Gasteiger partial charge >= 0.3 is 0 Å². The average molecular weight is 333 g/mol. The summed E-state index contributed by atoms with van der Waals surface area (Å²) in [6, 6.07) is 19.2. The minimum absolute atomic E-state index is 0.210. The molecule has 5 heteroatoms. The molecule has 2 amide bonds. The number of pyridine rings is 1. The number of aromatic nitrogens is 1. The van der Waals surface area contributed by atoms with Gasteiger partial charge in [-0.15, -0.1) is 0 Å². The van der Waals surface area contributed by atoms with E-state index in [0.29, 0.717) is 17.7 Å². The van der Waals surface area contributed by atoms with Crippen molar-refractivity contribution in [1.29, 1.82) is 0 Å². The number of benzene rings is 2. The summed E-state index contributed by atoms with van der Waals surface area (Å²) in [5.41, 5.74) is 2.47. The molecule has 2 aromatic carbocycles. The minimum atomic E-state index is -0.352. The Morgan fingerprint density at radius 1 is 0.880 bits per heavy atom. The number of hydrogen-bond acceptors (Lipinski definition) is 3. The smallest absolute Gasteiger partial charge is 0.233 e. The second-order valence-corrected chi connectivity index (χ2v) is 5.69. The second kappa shape index (κ2) is 8.06. The Balaban J connectivity index is 1.51. The van der Waals surface area contributed by atoms with E-state index in [9.17, 15) is 9.59 Å². The largest absolute Gasteiger partial charge is 0.355 e. The molecule has 0 unspecified atom stereocenters. The number of rotatable bonds is 6. The van der Waals surface area contributed by atoms with Crippen LogP contribution in [0.4, 0.5) is 5.69 Å². The summed E-state index contributed by atoms with van der Waals surface area (Å²) < 4.78 is 0. The Bertz CT molecular complexity index is 873. The van der Waals surface area contributed by atoms with Crippen LogP contribution < -0.4 is 10.6 Å². The lowest BCUT2D eigenvalue weighted by Gasteiger charge is -2.08. The first-order valence-corrected chi connectivity index (χ1v) is 8.16. The molecule has 0 aliphatic carbocycles. The van der Waals surface area contributed by atoms with Crippen LogP contribution in [0.1, 0.15) is 12.0 Å². The first-order chi connectivity index (χ1) is 12.2. The minimum Gasteiger partial charge on any atom is -0.355 e. The number of carbonyl (C=O) groups excluding carboxylic acids is 2. The topological polar surface area (TPSA) is 71.1 Å². The lowest BCUT2D eigenvalue weighted by atomic mass is 10.1. The maximum Gasteiger partial charge on any atom is 0.233 e. The maximum atomic E-state index is 12.1. The van der Waals surface area contributed by atoms with E-state index >= 15 is 0 Å². The molecule has 2 N–H and O–H groups in total. The molecule has 0 atom stereocenters. The Morgan fingerprint density at radius 2 is 1.68 bits per heavy atom. The van der Waals surface area contributed by atoms with Crippen molar-refractivity contribution >= 4 is 28.4 Å². The fourth-order valence-electron chi connectivity index (χ4n) is 2.60. The van der Waals surface area contributed by atoms with Gasteiger partial charge in [0.15, 0.2) is 0 Å². The maximum absolute atomic E-state index is 12.1. The fraction of sp³-hybridized carbons (Fsp3) is 0.150. The molecule has 0 saturated carbocycles. The van der Waals surface area contributed by atoms with Gasteiger partial charge in [-0.05, 0) is 24.1 Å². The number of amides is 2. The zero-order valence-electron chi connectivity index (χ0n) is 13.7. The van der Waals surface area contributed by atoms with Crippen LogP contribution in [0.2, 0.25) is 0 Å². The van der Waals surface area contributed by atoms with Gasteiger partial charge < -0.3 is 10.6 Å².